The van der Waals surface area contributed by atoms with E-state index >= 15 is 0 Å². The van der Waals surface area contributed by atoms with Gasteiger partial charge in [-0.3, -0.25) is 4.90 Å². The Balaban J connectivity index is 1.44. The van der Waals surface area contributed by atoms with Gasteiger partial charge in [-0.15, -0.1) is 0 Å². The highest BCUT2D eigenvalue weighted by Crippen LogP contribution is 2.40. The van der Waals surface area contributed by atoms with Gasteiger partial charge >= 0.3 is 6.03 Å². The van der Waals surface area contributed by atoms with E-state index in [-0.39, 0.29) is 6.03 Å². The molecule has 2 amide bonds. The Bertz CT molecular complexity index is 776. The Labute approximate surface area is 155 Å². The Kier molecular flexibility index (Phi) is 4.68. The van der Waals surface area contributed by atoms with Crippen molar-refractivity contribution in [1.29, 1.82) is 0 Å². The summed E-state index contributed by atoms with van der Waals surface area (Å²) in [4.78, 5) is 17.5. The van der Waals surface area contributed by atoms with Crippen LogP contribution in [-0.4, -0.2) is 41.0 Å². The van der Waals surface area contributed by atoms with Crippen LogP contribution in [0.3, 0.4) is 0 Å². The highest BCUT2D eigenvalue weighted by atomic mass is 16.2. The molecule has 2 unspecified atom stereocenters. The molecule has 2 bridgehead atoms. The van der Waals surface area contributed by atoms with Crippen LogP contribution in [0.1, 0.15) is 30.4 Å². The van der Waals surface area contributed by atoms with E-state index in [4.69, 9.17) is 0 Å². The molecule has 4 nitrogen and oxygen atoms in total. The van der Waals surface area contributed by atoms with Crippen molar-refractivity contribution in [3.8, 4) is 0 Å². The molecule has 2 aliphatic heterocycles. The number of urea groups is 1. The average Bonchev–Trinajstić information content (AvgIpc) is 3.23. The number of carbonyl (C=O) groups excluding carboxylic acids is 1. The highest BCUT2D eigenvalue weighted by molar-refractivity contribution is 5.91. The first-order chi connectivity index (χ1) is 12.6. The van der Waals surface area contributed by atoms with Gasteiger partial charge in [0.2, 0.25) is 0 Å². The maximum absolute atomic E-state index is 13.0. The first-order valence-corrected chi connectivity index (χ1v) is 9.52. The largest absolute Gasteiger partial charge is 0.322 e. The highest BCUT2D eigenvalue weighted by Gasteiger charge is 2.49. The fourth-order valence-electron chi connectivity index (χ4n) is 4.63. The summed E-state index contributed by atoms with van der Waals surface area (Å²) < 4.78 is 0. The molecule has 0 aliphatic carbocycles. The first kappa shape index (κ1) is 17.1. The fourth-order valence-corrected chi connectivity index (χ4v) is 4.63. The van der Waals surface area contributed by atoms with Crippen molar-refractivity contribution >= 4 is 11.7 Å². The number of carbonyl (C=O) groups is 1. The third-order valence-corrected chi connectivity index (χ3v) is 5.97. The smallest absolute Gasteiger partial charge is 0.317 e. The molecular weight excluding hydrogens is 322 g/mol. The van der Waals surface area contributed by atoms with E-state index in [0.29, 0.717) is 18.1 Å². The second kappa shape index (κ2) is 7.12. The van der Waals surface area contributed by atoms with Gasteiger partial charge in [-0.05, 0) is 50.4 Å². The van der Waals surface area contributed by atoms with Crippen LogP contribution in [0.15, 0.2) is 54.6 Å². The summed E-state index contributed by atoms with van der Waals surface area (Å²) in [7, 11) is 2.19. The summed E-state index contributed by atoms with van der Waals surface area (Å²) in [6.45, 7) is 2.96. The summed E-state index contributed by atoms with van der Waals surface area (Å²) in [5, 5.41) is 3.13. The molecule has 2 aromatic carbocycles. The first-order valence-electron chi connectivity index (χ1n) is 9.52. The zero-order valence-electron chi connectivity index (χ0n) is 15.6. The Morgan fingerprint density at radius 2 is 1.85 bits per heavy atom. The van der Waals surface area contributed by atoms with E-state index in [0.717, 1.165) is 37.1 Å². The van der Waals surface area contributed by atoms with E-state index < -0.39 is 0 Å². The lowest BCUT2D eigenvalue weighted by molar-refractivity contribution is 0.171. The van der Waals surface area contributed by atoms with E-state index in [2.05, 4.69) is 52.5 Å². The number of amides is 2. The third-order valence-electron chi connectivity index (χ3n) is 5.97. The van der Waals surface area contributed by atoms with Crippen molar-refractivity contribution < 1.29 is 4.79 Å². The Morgan fingerprint density at radius 1 is 1.12 bits per heavy atom. The maximum atomic E-state index is 13.0. The molecule has 26 heavy (non-hydrogen) atoms. The minimum Gasteiger partial charge on any atom is -0.317 e. The zero-order chi connectivity index (χ0) is 18.1. The van der Waals surface area contributed by atoms with Gasteiger partial charge in [-0.2, -0.15) is 0 Å². The maximum Gasteiger partial charge on any atom is 0.322 e. The lowest BCUT2D eigenvalue weighted by Crippen LogP contribution is -2.45. The van der Waals surface area contributed by atoms with Crippen LogP contribution < -0.4 is 5.32 Å². The van der Waals surface area contributed by atoms with Gasteiger partial charge in [0, 0.05) is 30.4 Å². The van der Waals surface area contributed by atoms with Crippen LogP contribution in [-0.2, 0) is 6.54 Å². The number of anilines is 1. The lowest BCUT2D eigenvalue weighted by Gasteiger charge is -2.31. The van der Waals surface area contributed by atoms with Gasteiger partial charge in [0.15, 0.2) is 0 Å². The van der Waals surface area contributed by atoms with Crippen molar-refractivity contribution in [3.63, 3.8) is 0 Å². The minimum atomic E-state index is 0.0578. The number of hydrogen-bond donors (Lipinski definition) is 1. The summed E-state index contributed by atoms with van der Waals surface area (Å²) in [6.07, 6.45) is 3.31. The molecule has 2 saturated heterocycles. The summed E-state index contributed by atoms with van der Waals surface area (Å²) in [5.41, 5.74) is 3.34. The monoisotopic (exact) mass is 349 g/mol. The summed E-state index contributed by atoms with van der Waals surface area (Å²) in [5.74, 6) is 0. The van der Waals surface area contributed by atoms with Gasteiger partial charge in [-0.1, -0.05) is 48.5 Å². The summed E-state index contributed by atoms with van der Waals surface area (Å²) in [6, 6.07) is 19.7. The van der Waals surface area contributed by atoms with Gasteiger partial charge in [0.25, 0.3) is 0 Å². The number of para-hydroxylation sites is 1. The van der Waals surface area contributed by atoms with Crippen LogP contribution in [0.2, 0.25) is 0 Å². The van der Waals surface area contributed by atoms with E-state index in [9.17, 15) is 4.79 Å². The number of nitrogens with one attached hydrogen (secondary N) is 1. The van der Waals surface area contributed by atoms with Crippen molar-refractivity contribution in [1.82, 2.24) is 9.80 Å². The number of rotatable bonds is 4. The molecule has 0 radical (unpaired) electrons. The number of hydrogen-bond acceptors (Lipinski definition) is 2. The standard InChI is InChI=1S/C22H27N3O/c1-16-8-6-7-11-19(16)23-22(26)25-18-12-13-20(25)21(14-18)24(2)15-17-9-4-3-5-10-17/h3-11,18,20-21H,12-15H2,1-2H3,(H,23,26)/t18?,20?,21-/m1/s1. The minimum absolute atomic E-state index is 0.0578. The average molecular weight is 349 g/mol. The van der Waals surface area contributed by atoms with Crippen molar-refractivity contribution in [2.45, 2.75) is 50.9 Å². The second-order valence-electron chi connectivity index (χ2n) is 7.65. The molecule has 2 fully saturated rings. The van der Waals surface area contributed by atoms with E-state index in [1.54, 1.807) is 0 Å². The molecule has 4 heteroatoms. The molecule has 0 spiro atoms. The van der Waals surface area contributed by atoms with Crippen molar-refractivity contribution in [2.24, 2.45) is 0 Å². The molecule has 2 heterocycles. The third kappa shape index (κ3) is 3.21. The van der Waals surface area contributed by atoms with E-state index in [1.165, 1.54) is 5.56 Å². The van der Waals surface area contributed by atoms with Gasteiger partial charge in [0.1, 0.15) is 0 Å². The van der Waals surface area contributed by atoms with Crippen LogP contribution in [0, 0.1) is 6.92 Å². The Hall–Kier alpha value is -2.33. The quantitative estimate of drug-likeness (QED) is 0.895. The zero-order valence-corrected chi connectivity index (χ0v) is 15.6. The van der Waals surface area contributed by atoms with Gasteiger partial charge in [0.05, 0.1) is 0 Å². The molecular formula is C22H27N3O. The topological polar surface area (TPSA) is 35.6 Å². The SMILES string of the molecule is Cc1ccccc1NC(=O)N1C2CCC1[C@H](N(C)Cc1ccccc1)C2. The molecule has 0 aromatic heterocycles. The van der Waals surface area contributed by atoms with E-state index in [1.807, 2.05) is 31.2 Å². The number of likely N-dealkylation sites (N-methyl/N-ethyl adjacent to an activating group) is 1. The van der Waals surface area contributed by atoms with Crippen LogP contribution in [0.25, 0.3) is 0 Å². The van der Waals surface area contributed by atoms with Gasteiger partial charge in [-0.25, -0.2) is 4.79 Å². The molecule has 3 atom stereocenters. The second-order valence-corrected chi connectivity index (χ2v) is 7.65. The van der Waals surface area contributed by atoms with Gasteiger partial charge < -0.3 is 10.2 Å². The predicted octanol–water partition coefficient (Wildman–Crippen LogP) is 4.26. The number of benzene rings is 2. The van der Waals surface area contributed by atoms with Crippen LogP contribution in [0.5, 0.6) is 0 Å². The predicted molar refractivity (Wildman–Crippen MR) is 105 cm³/mol. The fraction of sp³-hybridized carbons (Fsp3) is 0.409. The molecule has 2 aliphatic rings. The number of nitrogens with zero attached hydrogens (tertiary/aromatic N) is 2. The normalized spacial score (nSPS) is 24.3. The molecule has 2 aromatic rings. The van der Waals surface area contributed by atoms with Crippen LogP contribution >= 0.6 is 0 Å². The lowest BCUT2D eigenvalue weighted by atomic mass is 9.94. The molecule has 0 saturated carbocycles. The Morgan fingerprint density at radius 3 is 2.62 bits per heavy atom. The van der Waals surface area contributed by atoms with Crippen molar-refractivity contribution in [3.05, 3.63) is 65.7 Å². The molecule has 136 valence electrons. The van der Waals surface area contributed by atoms with Crippen LogP contribution in [0.4, 0.5) is 10.5 Å². The number of aryl methyl sites for hydroxylation is 1. The molecule has 4 rings (SSSR count). The summed E-state index contributed by atoms with van der Waals surface area (Å²) >= 11 is 0. The molecule has 1 N–H and O–H groups in total. The van der Waals surface area contributed by atoms with Crippen molar-refractivity contribution in [2.75, 3.05) is 12.4 Å². The number of fused-ring (bicyclic) bond motifs is 2.